The quantitative estimate of drug-likeness (QED) is 0.811. The number of hydrogen-bond donors (Lipinski definition) is 3. The van der Waals surface area contributed by atoms with Crippen LogP contribution in [-0.2, 0) is 6.42 Å². The number of rotatable bonds is 4. The van der Waals surface area contributed by atoms with Gasteiger partial charge >= 0.3 is 0 Å². The summed E-state index contributed by atoms with van der Waals surface area (Å²) >= 11 is 0. The van der Waals surface area contributed by atoms with Gasteiger partial charge in [-0.25, -0.2) is 0 Å². The molecule has 1 atom stereocenters. The summed E-state index contributed by atoms with van der Waals surface area (Å²) < 4.78 is 0. The maximum absolute atomic E-state index is 9.95. The van der Waals surface area contributed by atoms with E-state index in [0.29, 0.717) is 6.04 Å². The van der Waals surface area contributed by atoms with Crippen molar-refractivity contribution >= 4 is 0 Å². The Hall–Kier alpha value is -2.07. The summed E-state index contributed by atoms with van der Waals surface area (Å²) in [5.41, 5.74) is 2.76. The van der Waals surface area contributed by atoms with Crippen molar-refractivity contribution in [3.05, 3.63) is 42.1 Å². The maximum atomic E-state index is 9.95. The Kier molecular flexibility index (Phi) is 4.59. The molecule has 1 aliphatic rings. The van der Waals surface area contributed by atoms with Gasteiger partial charge < -0.3 is 15.5 Å². The van der Waals surface area contributed by atoms with Gasteiger partial charge in [0.05, 0.1) is 11.9 Å². The predicted molar refractivity (Wildman–Crippen MR) is 87.0 cm³/mol. The minimum atomic E-state index is 0.146. The minimum Gasteiger partial charge on any atom is -0.508 e. The molecule has 4 heteroatoms. The van der Waals surface area contributed by atoms with Crippen LogP contribution >= 0.6 is 0 Å². The van der Waals surface area contributed by atoms with Gasteiger partial charge in [-0.1, -0.05) is 6.42 Å². The third kappa shape index (κ3) is 3.77. The maximum Gasteiger partial charge on any atom is 0.133 e. The summed E-state index contributed by atoms with van der Waals surface area (Å²) in [4.78, 5) is 4.21. The van der Waals surface area contributed by atoms with E-state index in [2.05, 4.69) is 16.4 Å². The minimum absolute atomic E-state index is 0.146. The Morgan fingerprint density at radius 1 is 1.09 bits per heavy atom. The summed E-state index contributed by atoms with van der Waals surface area (Å²) in [5.74, 6) is 0.409. The number of nitrogens with zero attached hydrogens (tertiary/aromatic N) is 1. The molecule has 3 rings (SSSR count). The van der Waals surface area contributed by atoms with Crippen LogP contribution in [0.15, 0.2) is 36.5 Å². The number of benzene rings is 1. The zero-order valence-corrected chi connectivity index (χ0v) is 12.6. The highest BCUT2D eigenvalue weighted by atomic mass is 16.3. The zero-order valence-electron chi connectivity index (χ0n) is 12.6. The van der Waals surface area contributed by atoms with E-state index in [4.69, 9.17) is 0 Å². The monoisotopic (exact) mass is 298 g/mol. The van der Waals surface area contributed by atoms with Crippen LogP contribution in [-0.4, -0.2) is 27.8 Å². The lowest BCUT2D eigenvalue weighted by atomic mass is 9.96. The van der Waals surface area contributed by atoms with Crippen LogP contribution in [0.2, 0.25) is 0 Å². The summed E-state index contributed by atoms with van der Waals surface area (Å²) in [5, 5.41) is 22.8. The van der Waals surface area contributed by atoms with Crippen molar-refractivity contribution in [3.8, 4) is 22.8 Å². The van der Waals surface area contributed by atoms with Crippen molar-refractivity contribution in [1.29, 1.82) is 0 Å². The van der Waals surface area contributed by atoms with Crippen LogP contribution in [0.5, 0.6) is 11.5 Å². The molecule has 0 aliphatic carbocycles. The summed E-state index contributed by atoms with van der Waals surface area (Å²) in [7, 11) is 0. The van der Waals surface area contributed by atoms with Crippen LogP contribution in [0.4, 0.5) is 0 Å². The molecular formula is C18H22N2O2. The molecular weight excluding hydrogens is 276 g/mol. The molecule has 1 unspecified atom stereocenters. The molecule has 3 N–H and O–H groups in total. The van der Waals surface area contributed by atoms with Crippen molar-refractivity contribution in [2.75, 3.05) is 6.54 Å². The lowest BCUT2D eigenvalue weighted by molar-refractivity contribution is 0.382. The van der Waals surface area contributed by atoms with E-state index < -0.39 is 0 Å². The Morgan fingerprint density at radius 2 is 2.00 bits per heavy atom. The number of phenols is 1. The second-order valence-electron chi connectivity index (χ2n) is 5.98. The zero-order chi connectivity index (χ0) is 15.4. The number of nitrogens with one attached hydrogen (secondary N) is 1. The van der Waals surface area contributed by atoms with Crippen molar-refractivity contribution in [1.82, 2.24) is 10.3 Å². The third-order valence-corrected chi connectivity index (χ3v) is 4.22. The van der Waals surface area contributed by atoms with Gasteiger partial charge in [-0.05, 0) is 68.1 Å². The van der Waals surface area contributed by atoms with Gasteiger partial charge in [0.15, 0.2) is 0 Å². The second kappa shape index (κ2) is 6.79. The molecule has 0 amide bonds. The van der Waals surface area contributed by atoms with Crippen LogP contribution in [0.1, 0.15) is 31.2 Å². The van der Waals surface area contributed by atoms with E-state index in [9.17, 15) is 10.2 Å². The van der Waals surface area contributed by atoms with Gasteiger partial charge in [-0.15, -0.1) is 0 Å². The van der Waals surface area contributed by atoms with Gasteiger partial charge in [0.1, 0.15) is 11.5 Å². The van der Waals surface area contributed by atoms with Crippen LogP contribution in [0.25, 0.3) is 11.3 Å². The summed E-state index contributed by atoms with van der Waals surface area (Å²) in [6, 6.07) is 9.57. The number of hydrogen-bond acceptors (Lipinski definition) is 4. The first-order chi connectivity index (χ1) is 10.7. The average molecular weight is 298 g/mol. The van der Waals surface area contributed by atoms with Gasteiger partial charge in [-0.3, -0.25) is 4.98 Å². The highest BCUT2D eigenvalue weighted by Crippen LogP contribution is 2.26. The lowest BCUT2D eigenvalue weighted by Crippen LogP contribution is -2.34. The molecule has 116 valence electrons. The van der Waals surface area contributed by atoms with E-state index in [-0.39, 0.29) is 11.5 Å². The molecule has 4 nitrogen and oxygen atoms in total. The van der Waals surface area contributed by atoms with Crippen molar-refractivity contribution in [2.45, 2.75) is 38.1 Å². The SMILES string of the molecule is Oc1ccc(-c2cc(O)cc(CCC3CCCCN3)c2)nc1. The molecule has 1 fully saturated rings. The molecule has 0 spiro atoms. The molecule has 2 aromatic rings. The number of aromatic nitrogens is 1. The largest absolute Gasteiger partial charge is 0.508 e. The van der Waals surface area contributed by atoms with Crippen LogP contribution in [0, 0.1) is 0 Å². The lowest BCUT2D eigenvalue weighted by Gasteiger charge is -2.23. The Bertz CT molecular complexity index is 619. The fraction of sp³-hybridized carbons (Fsp3) is 0.389. The molecule has 22 heavy (non-hydrogen) atoms. The van der Waals surface area contributed by atoms with Gasteiger partial charge in [0.2, 0.25) is 0 Å². The molecule has 1 aliphatic heterocycles. The van der Waals surface area contributed by atoms with E-state index in [0.717, 1.165) is 36.2 Å². The average Bonchev–Trinajstić information content (AvgIpc) is 2.54. The molecule has 1 saturated heterocycles. The first-order valence-corrected chi connectivity index (χ1v) is 7.92. The van der Waals surface area contributed by atoms with Gasteiger partial charge in [0, 0.05) is 11.6 Å². The van der Waals surface area contributed by atoms with Crippen molar-refractivity contribution in [2.24, 2.45) is 0 Å². The topological polar surface area (TPSA) is 65.4 Å². The molecule has 1 aromatic heterocycles. The first kappa shape index (κ1) is 14.9. The second-order valence-corrected chi connectivity index (χ2v) is 5.98. The highest BCUT2D eigenvalue weighted by Gasteiger charge is 2.13. The number of pyridine rings is 1. The van der Waals surface area contributed by atoms with Crippen LogP contribution < -0.4 is 5.32 Å². The smallest absolute Gasteiger partial charge is 0.133 e. The Labute approximate surface area is 130 Å². The summed E-state index contributed by atoms with van der Waals surface area (Å²) in [6.07, 6.45) is 7.28. The highest BCUT2D eigenvalue weighted by molar-refractivity contribution is 5.62. The number of phenolic OH excluding ortho intramolecular Hbond substituents is 1. The predicted octanol–water partition coefficient (Wildman–Crippen LogP) is 3.23. The van der Waals surface area contributed by atoms with E-state index in [1.165, 1.54) is 25.5 Å². The summed E-state index contributed by atoms with van der Waals surface area (Å²) in [6.45, 7) is 1.12. The van der Waals surface area contributed by atoms with Crippen molar-refractivity contribution in [3.63, 3.8) is 0 Å². The van der Waals surface area contributed by atoms with E-state index in [1.807, 2.05) is 6.07 Å². The fourth-order valence-electron chi connectivity index (χ4n) is 3.03. The van der Waals surface area contributed by atoms with E-state index >= 15 is 0 Å². The fourth-order valence-corrected chi connectivity index (χ4v) is 3.03. The standard InChI is InChI=1S/C18H22N2O2/c21-16-6-7-18(20-12-16)14-9-13(10-17(22)11-14)4-5-15-3-1-2-8-19-15/h6-7,9-12,15,19,21-22H,1-5,8H2. The Morgan fingerprint density at radius 3 is 2.73 bits per heavy atom. The molecule has 2 heterocycles. The molecule has 1 aromatic carbocycles. The Balaban J connectivity index is 1.73. The van der Waals surface area contributed by atoms with E-state index in [1.54, 1.807) is 18.2 Å². The number of piperidine rings is 1. The number of aryl methyl sites for hydroxylation is 1. The van der Waals surface area contributed by atoms with Crippen LogP contribution in [0.3, 0.4) is 0 Å². The van der Waals surface area contributed by atoms with Gasteiger partial charge in [0.25, 0.3) is 0 Å². The van der Waals surface area contributed by atoms with Crippen molar-refractivity contribution < 1.29 is 10.2 Å². The third-order valence-electron chi connectivity index (χ3n) is 4.22. The normalized spacial score (nSPS) is 18.3. The first-order valence-electron chi connectivity index (χ1n) is 7.92. The molecule has 0 bridgehead atoms. The molecule has 0 saturated carbocycles. The van der Waals surface area contributed by atoms with Gasteiger partial charge in [-0.2, -0.15) is 0 Å². The molecule has 0 radical (unpaired) electrons. The number of aromatic hydroxyl groups is 2.